The third-order valence-corrected chi connectivity index (χ3v) is 2.38. The summed E-state index contributed by atoms with van der Waals surface area (Å²) in [4.78, 5) is 0. The lowest BCUT2D eigenvalue weighted by Crippen LogP contribution is -2.25. The Morgan fingerprint density at radius 3 is 1.84 bits per heavy atom. The first kappa shape index (κ1) is 17.3. The SMILES string of the molecule is Cl.Cl.N=C(N)C(Oc1ccccc1)c1ccccc1. The molecule has 3 nitrogen and oxygen atoms in total. The summed E-state index contributed by atoms with van der Waals surface area (Å²) in [6.07, 6.45) is -0.529. The molecule has 0 aromatic heterocycles. The van der Waals surface area contributed by atoms with E-state index in [9.17, 15) is 0 Å². The monoisotopic (exact) mass is 298 g/mol. The predicted octanol–water partition coefficient (Wildman–Crippen LogP) is 3.59. The summed E-state index contributed by atoms with van der Waals surface area (Å²) in [5, 5.41) is 7.59. The molecule has 0 spiro atoms. The minimum atomic E-state index is -0.529. The zero-order valence-electron chi connectivity index (χ0n) is 10.2. The molecule has 0 aliphatic rings. The first-order valence-corrected chi connectivity index (χ1v) is 5.38. The standard InChI is InChI=1S/C14H14N2O.2ClH/c15-14(16)13(11-7-3-1-4-8-11)17-12-9-5-2-6-10-12;;/h1-10,13H,(H3,15,16);2*1H. The third-order valence-electron chi connectivity index (χ3n) is 2.38. The molecule has 0 radical (unpaired) electrons. The van der Waals surface area contributed by atoms with Crippen molar-refractivity contribution >= 4 is 30.6 Å². The van der Waals surface area contributed by atoms with E-state index >= 15 is 0 Å². The van der Waals surface area contributed by atoms with Gasteiger partial charge in [-0.3, -0.25) is 5.41 Å². The van der Waals surface area contributed by atoms with Crippen molar-refractivity contribution in [3.63, 3.8) is 0 Å². The summed E-state index contributed by atoms with van der Waals surface area (Å²) in [6, 6.07) is 18.9. The third kappa shape index (κ3) is 4.81. The second kappa shape index (κ2) is 8.40. The second-order valence-electron chi connectivity index (χ2n) is 3.68. The van der Waals surface area contributed by atoms with Gasteiger partial charge >= 0.3 is 0 Å². The molecule has 0 aliphatic carbocycles. The Kier molecular flexibility index (Phi) is 7.65. The quantitative estimate of drug-likeness (QED) is 0.669. The maximum absolute atomic E-state index is 7.59. The number of para-hydroxylation sites is 1. The van der Waals surface area contributed by atoms with Crippen molar-refractivity contribution in [1.29, 1.82) is 5.41 Å². The Balaban J connectivity index is 0.00000162. The topological polar surface area (TPSA) is 59.1 Å². The van der Waals surface area contributed by atoms with Gasteiger partial charge in [-0.05, 0) is 17.7 Å². The van der Waals surface area contributed by atoms with Crippen LogP contribution in [0.1, 0.15) is 11.7 Å². The molecular formula is C14H16Cl2N2O. The first-order valence-electron chi connectivity index (χ1n) is 5.38. The van der Waals surface area contributed by atoms with Gasteiger partial charge < -0.3 is 10.5 Å². The highest BCUT2D eigenvalue weighted by Crippen LogP contribution is 2.21. The van der Waals surface area contributed by atoms with Gasteiger partial charge in [-0.15, -0.1) is 24.8 Å². The van der Waals surface area contributed by atoms with Crippen LogP contribution < -0.4 is 10.5 Å². The van der Waals surface area contributed by atoms with Gasteiger partial charge in [0.15, 0.2) is 6.10 Å². The van der Waals surface area contributed by atoms with E-state index in [-0.39, 0.29) is 30.6 Å². The number of hydrogen-bond acceptors (Lipinski definition) is 2. The van der Waals surface area contributed by atoms with Gasteiger partial charge in [0.25, 0.3) is 0 Å². The number of amidine groups is 1. The number of nitrogens with two attached hydrogens (primary N) is 1. The van der Waals surface area contributed by atoms with Gasteiger partial charge in [0.1, 0.15) is 11.6 Å². The largest absolute Gasteiger partial charge is 0.478 e. The van der Waals surface area contributed by atoms with Crippen molar-refractivity contribution in [3.8, 4) is 5.75 Å². The van der Waals surface area contributed by atoms with Gasteiger partial charge in [0, 0.05) is 0 Å². The average Bonchev–Trinajstić information content (AvgIpc) is 2.38. The van der Waals surface area contributed by atoms with Gasteiger partial charge in [-0.25, -0.2) is 0 Å². The molecule has 102 valence electrons. The van der Waals surface area contributed by atoms with E-state index in [0.717, 1.165) is 5.56 Å². The molecule has 2 rings (SSSR count). The molecule has 0 fully saturated rings. The smallest absolute Gasteiger partial charge is 0.180 e. The van der Waals surface area contributed by atoms with E-state index in [1.54, 1.807) is 0 Å². The van der Waals surface area contributed by atoms with Crippen molar-refractivity contribution in [2.24, 2.45) is 5.73 Å². The lowest BCUT2D eigenvalue weighted by molar-refractivity contribution is 0.271. The van der Waals surface area contributed by atoms with Crippen LogP contribution in [-0.2, 0) is 0 Å². The zero-order chi connectivity index (χ0) is 12.1. The van der Waals surface area contributed by atoms with Gasteiger partial charge in [0.05, 0.1) is 0 Å². The molecule has 19 heavy (non-hydrogen) atoms. The summed E-state index contributed by atoms with van der Waals surface area (Å²) in [5.74, 6) is 0.705. The number of hydrogen-bond donors (Lipinski definition) is 2. The molecule has 0 saturated heterocycles. The van der Waals surface area contributed by atoms with Crippen LogP contribution in [0.4, 0.5) is 0 Å². The van der Waals surface area contributed by atoms with E-state index in [2.05, 4.69) is 0 Å². The minimum Gasteiger partial charge on any atom is -0.478 e. The van der Waals surface area contributed by atoms with Gasteiger partial charge in [-0.1, -0.05) is 48.5 Å². The van der Waals surface area contributed by atoms with E-state index in [0.29, 0.717) is 5.75 Å². The van der Waals surface area contributed by atoms with Crippen LogP contribution in [0.5, 0.6) is 5.75 Å². The van der Waals surface area contributed by atoms with Crippen LogP contribution in [0.25, 0.3) is 0 Å². The van der Waals surface area contributed by atoms with Crippen LogP contribution in [0.2, 0.25) is 0 Å². The highest BCUT2D eigenvalue weighted by atomic mass is 35.5. The van der Waals surface area contributed by atoms with Crippen molar-refractivity contribution in [1.82, 2.24) is 0 Å². The molecule has 2 aromatic carbocycles. The number of rotatable bonds is 4. The van der Waals surface area contributed by atoms with Crippen LogP contribution in [-0.4, -0.2) is 5.84 Å². The minimum absolute atomic E-state index is 0. The van der Waals surface area contributed by atoms with Gasteiger partial charge in [0.2, 0.25) is 0 Å². The second-order valence-corrected chi connectivity index (χ2v) is 3.68. The summed E-state index contributed by atoms with van der Waals surface area (Å²) in [6.45, 7) is 0. The zero-order valence-corrected chi connectivity index (χ0v) is 11.8. The lowest BCUT2D eigenvalue weighted by Gasteiger charge is -2.18. The Morgan fingerprint density at radius 2 is 1.37 bits per heavy atom. The van der Waals surface area contributed by atoms with E-state index < -0.39 is 6.10 Å². The molecule has 0 aliphatic heterocycles. The van der Waals surface area contributed by atoms with Crippen LogP contribution in [0.15, 0.2) is 60.7 Å². The Labute approximate surface area is 125 Å². The number of ether oxygens (including phenoxy) is 1. The van der Waals surface area contributed by atoms with Gasteiger partial charge in [-0.2, -0.15) is 0 Å². The van der Waals surface area contributed by atoms with Crippen molar-refractivity contribution in [2.75, 3.05) is 0 Å². The average molecular weight is 299 g/mol. The molecule has 0 heterocycles. The molecular weight excluding hydrogens is 283 g/mol. The highest BCUT2D eigenvalue weighted by Gasteiger charge is 2.16. The molecule has 1 unspecified atom stereocenters. The summed E-state index contributed by atoms with van der Waals surface area (Å²) < 4.78 is 5.71. The molecule has 0 saturated carbocycles. The van der Waals surface area contributed by atoms with Crippen LogP contribution in [0.3, 0.4) is 0 Å². The van der Waals surface area contributed by atoms with Crippen molar-refractivity contribution < 1.29 is 4.74 Å². The molecule has 0 amide bonds. The van der Waals surface area contributed by atoms with Crippen LogP contribution in [0, 0.1) is 5.41 Å². The Bertz CT molecular complexity index is 491. The number of nitrogens with one attached hydrogen (secondary N) is 1. The van der Waals surface area contributed by atoms with Crippen molar-refractivity contribution in [3.05, 3.63) is 66.2 Å². The summed E-state index contributed by atoms with van der Waals surface area (Å²) in [7, 11) is 0. The normalized spacial score (nSPS) is 10.5. The number of benzene rings is 2. The van der Waals surface area contributed by atoms with E-state index in [1.165, 1.54) is 0 Å². The molecule has 3 N–H and O–H groups in total. The summed E-state index contributed by atoms with van der Waals surface area (Å²) in [5.41, 5.74) is 6.45. The van der Waals surface area contributed by atoms with E-state index in [4.69, 9.17) is 15.9 Å². The maximum atomic E-state index is 7.59. The fourth-order valence-electron chi connectivity index (χ4n) is 1.57. The Hall–Kier alpha value is -1.71. The molecule has 1 atom stereocenters. The van der Waals surface area contributed by atoms with Crippen LogP contribution >= 0.6 is 24.8 Å². The van der Waals surface area contributed by atoms with Crippen molar-refractivity contribution in [2.45, 2.75) is 6.10 Å². The summed E-state index contributed by atoms with van der Waals surface area (Å²) >= 11 is 0. The maximum Gasteiger partial charge on any atom is 0.180 e. The Morgan fingerprint density at radius 1 is 0.895 bits per heavy atom. The lowest BCUT2D eigenvalue weighted by atomic mass is 10.1. The number of halogens is 2. The predicted molar refractivity (Wildman–Crippen MR) is 82.7 cm³/mol. The molecule has 2 aromatic rings. The highest BCUT2D eigenvalue weighted by molar-refractivity contribution is 5.85. The molecule has 5 heteroatoms. The fourth-order valence-corrected chi connectivity index (χ4v) is 1.57. The fraction of sp³-hybridized carbons (Fsp3) is 0.0714. The molecule has 0 bridgehead atoms. The first-order chi connectivity index (χ1) is 8.27. The van der Waals surface area contributed by atoms with E-state index in [1.807, 2.05) is 60.7 Å².